The van der Waals surface area contributed by atoms with Crippen molar-refractivity contribution >= 4 is 16.5 Å². The number of aliphatic hydroxyl groups is 2. The van der Waals surface area contributed by atoms with Crippen LogP contribution < -0.4 is 10.9 Å². The van der Waals surface area contributed by atoms with E-state index in [0.717, 1.165) is 22.3 Å². The third kappa shape index (κ3) is 3.41. The van der Waals surface area contributed by atoms with Crippen molar-refractivity contribution in [2.75, 3.05) is 18.5 Å². The van der Waals surface area contributed by atoms with Gasteiger partial charge in [-0.25, -0.2) is 0 Å². The van der Waals surface area contributed by atoms with Crippen LogP contribution in [0.15, 0.2) is 59.4 Å². The molecule has 5 heteroatoms. The predicted octanol–water partition coefficient (Wildman–Crippen LogP) is 1.96. The van der Waals surface area contributed by atoms with Gasteiger partial charge >= 0.3 is 0 Å². The van der Waals surface area contributed by atoms with Crippen LogP contribution in [-0.4, -0.2) is 34.5 Å². The normalized spacial score (nSPS) is 12.3. The molecule has 0 bridgehead atoms. The molecular weight excluding hydrogens is 292 g/mol. The molecule has 0 spiro atoms. The summed E-state index contributed by atoms with van der Waals surface area (Å²) >= 11 is 0. The average molecular weight is 310 g/mol. The molecule has 0 aliphatic rings. The molecule has 118 valence electrons. The predicted molar refractivity (Wildman–Crippen MR) is 91.6 cm³/mol. The average Bonchev–Trinajstić information content (AvgIpc) is 2.60. The van der Waals surface area contributed by atoms with Crippen molar-refractivity contribution in [3.8, 4) is 11.3 Å². The van der Waals surface area contributed by atoms with Gasteiger partial charge in [-0.05, 0) is 29.1 Å². The summed E-state index contributed by atoms with van der Waals surface area (Å²) in [5.41, 5.74) is 2.30. The Balaban J connectivity index is 1.95. The van der Waals surface area contributed by atoms with Crippen molar-refractivity contribution in [3.05, 3.63) is 65.0 Å². The minimum Gasteiger partial charge on any atom is -0.394 e. The summed E-state index contributed by atoms with van der Waals surface area (Å²) in [5.74, 6) is 0. The summed E-state index contributed by atoms with van der Waals surface area (Å²) in [6.07, 6.45) is -0.829. The topological polar surface area (TPSA) is 85.4 Å². The fraction of sp³-hybridized carbons (Fsp3) is 0.167. The van der Waals surface area contributed by atoms with Gasteiger partial charge in [-0.3, -0.25) is 4.79 Å². The zero-order chi connectivity index (χ0) is 16.2. The number of hydrogen-bond donors (Lipinski definition) is 4. The number of nitrogens with one attached hydrogen (secondary N) is 2. The van der Waals surface area contributed by atoms with E-state index in [0.29, 0.717) is 5.39 Å². The van der Waals surface area contributed by atoms with Gasteiger partial charge in [0.1, 0.15) is 0 Å². The van der Waals surface area contributed by atoms with Gasteiger partial charge in [-0.15, -0.1) is 0 Å². The maximum absolute atomic E-state index is 12.3. The van der Waals surface area contributed by atoms with E-state index in [-0.39, 0.29) is 18.7 Å². The van der Waals surface area contributed by atoms with Gasteiger partial charge in [0.05, 0.1) is 12.7 Å². The van der Waals surface area contributed by atoms with Crippen molar-refractivity contribution in [1.82, 2.24) is 4.98 Å². The van der Waals surface area contributed by atoms with Crippen molar-refractivity contribution in [1.29, 1.82) is 0 Å². The van der Waals surface area contributed by atoms with Crippen LogP contribution in [0.5, 0.6) is 0 Å². The highest BCUT2D eigenvalue weighted by Crippen LogP contribution is 2.21. The largest absolute Gasteiger partial charge is 0.394 e. The van der Waals surface area contributed by atoms with Crippen LogP contribution in [0.3, 0.4) is 0 Å². The van der Waals surface area contributed by atoms with E-state index < -0.39 is 6.10 Å². The minimum atomic E-state index is -0.829. The molecule has 4 N–H and O–H groups in total. The molecule has 23 heavy (non-hydrogen) atoms. The molecule has 2 aromatic carbocycles. The molecule has 0 saturated heterocycles. The van der Waals surface area contributed by atoms with Gasteiger partial charge in [-0.2, -0.15) is 0 Å². The number of aromatic nitrogens is 1. The quantitative estimate of drug-likeness (QED) is 0.580. The Morgan fingerprint density at radius 3 is 2.61 bits per heavy atom. The number of benzene rings is 2. The van der Waals surface area contributed by atoms with E-state index in [2.05, 4.69) is 10.3 Å². The van der Waals surface area contributed by atoms with Crippen LogP contribution in [0.2, 0.25) is 0 Å². The molecular formula is C18H18N2O3. The van der Waals surface area contributed by atoms with Crippen molar-refractivity contribution in [3.63, 3.8) is 0 Å². The van der Waals surface area contributed by atoms with Crippen molar-refractivity contribution in [2.45, 2.75) is 6.10 Å². The Labute approximate surface area is 133 Å². The number of H-pyrrole nitrogens is 1. The van der Waals surface area contributed by atoms with Crippen LogP contribution in [0, 0.1) is 0 Å². The highest BCUT2D eigenvalue weighted by Gasteiger charge is 2.06. The minimum absolute atomic E-state index is 0.160. The van der Waals surface area contributed by atoms with E-state index in [4.69, 9.17) is 5.11 Å². The fourth-order valence-corrected chi connectivity index (χ4v) is 2.44. The molecule has 1 heterocycles. The van der Waals surface area contributed by atoms with Crippen LogP contribution in [0.25, 0.3) is 22.0 Å². The number of hydrogen-bond acceptors (Lipinski definition) is 4. The molecule has 3 rings (SSSR count). The Morgan fingerprint density at radius 2 is 1.87 bits per heavy atom. The van der Waals surface area contributed by atoms with Crippen LogP contribution in [0.1, 0.15) is 0 Å². The molecule has 0 fully saturated rings. The summed E-state index contributed by atoms with van der Waals surface area (Å²) in [5, 5.41) is 22.6. The van der Waals surface area contributed by atoms with Crippen LogP contribution in [0.4, 0.5) is 5.69 Å². The van der Waals surface area contributed by atoms with Gasteiger partial charge in [-0.1, -0.05) is 36.4 Å². The van der Waals surface area contributed by atoms with E-state index in [1.54, 1.807) is 6.07 Å². The Hall–Kier alpha value is -2.63. The van der Waals surface area contributed by atoms with E-state index in [1.807, 2.05) is 48.5 Å². The number of fused-ring (bicyclic) bond motifs is 1. The summed E-state index contributed by atoms with van der Waals surface area (Å²) in [7, 11) is 0. The second kappa shape index (κ2) is 6.64. The van der Waals surface area contributed by atoms with E-state index in [9.17, 15) is 9.90 Å². The smallest absolute Gasteiger partial charge is 0.256 e. The molecule has 1 atom stereocenters. The fourth-order valence-electron chi connectivity index (χ4n) is 2.44. The number of aromatic amines is 1. The first-order chi connectivity index (χ1) is 11.2. The molecule has 3 aromatic rings. The Morgan fingerprint density at radius 1 is 1.09 bits per heavy atom. The first-order valence-electron chi connectivity index (χ1n) is 7.42. The molecule has 0 radical (unpaired) electrons. The van der Waals surface area contributed by atoms with E-state index >= 15 is 0 Å². The summed E-state index contributed by atoms with van der Waals surface area (Å²) < 4.78 is 0. The standard InChI is InChI=1S/C18H18N2O3/c21-11-15(22)10-19-14-7-6-13-8-17(12-4-2-1-3-5-12)20-18(23)16(13)9-14/h1-9,15,19,21-22H,10-11H2,(H,20,23). The van der Waals surface area contributed by atoms with E-state index in [1.165, 1.54) is 0 Å². The lowest BCUT2D eigenvalue weighted by atomic mass is 10.1. The zero-order valence-electron chi connectivity index (χ0n) is 12.5. The molecule has 0 saturated carbocycles. The third-order valence-corrected chi connectivity index (χ3v) is 3.68. The van der Waals surface area contributed by atoms with Crippen molar-refractivity contribution in [2.24, 2.45) is 0 Å². The molecule has 0 aliphatic heterocycles. The molecule has 0 aliphatic carbocycles. The highest BCUT2D eigenvalue weighted by atomic mass is 16.3. The summed E-state index contributed by atoms with van der Waals surface area (Å²) in [6.45, 7) is -0.0798. The van der Waals surface area contributed by atoms with Gasteiger partial charge in [0.15, 0.2) is 0 Å². The number of rotatable bonds is 5. The van der Waals surface area contributed by atoms with Gasteiger partial charge in [0, 0.05) is 23.3 Å². The second-order valence-corrected chi connectivity index (χ2v) is 5.40. The summed E-state index contributed by atoms with van der Waals surface area (Å²) in [4.78, 5) is 15.2. The van der Waals surface area contributed by atoms with Gasteiger partial charge in [0.25, 0.3) is 5.56 Å². The maximum Gasteiger partial charge on any atom is 0.256 e. The zero-order valence-corrected chi connectivity index (χ0v) is 12.5. The molecule has 0 amide bonds. The maximum atomic E-state index is 12.3. The van der Waals surface area contributed by atoms with Gasteiger partial charge < -0.3 is 20.5 Å². The van der Waals surface area contributed by atoms with Crippen LogP contribution in [-0.2, 0) is 0 Å². The Bertz CT molecular complexity index is 859. The number of aliphatic hydroxyl groups excluding tert-OH is 2. The monoisotopic (exact) mass is 310 g/mol. The lowest BCUT2D eigenvalue weighted by Gasteiger charge is -2.11. The molecule has 1 aromatic heterocycles. The van der Waals surface area contributed by atoms with Crippen molar-refractivity contribution < 1.29 is 10.2 Å². The second-order valence-electron chi connectivity index (χ2n) is 5.40. The first-order valence-corrected chi connectivity index (χ1v) is 7.42. The lowest BCUT2D eigenvalue weighted by Crippen LogP contribution is -2.23. The molecule has 5 nitrogen and oxygen atoms in total. The number of pyridine rings is 1. The van der Waals surface area contributed by atoms with Crippen LogP contribution >= 0.6 is 0 Å². The van der Waals surface area contributed by atoms with Gasteiger partial charge in [0.2, 0.25) is 0 Å². The lowest BCUT2D eigenvalue weighted by molar-refractivity contribution is 0.105. The highest BCUT2D eigenvalue weighted by molar-refractivity contribution is 5.87. The molecule has 1 unspecified atom stereocenters. The summed E-state index contributed by atoms with van der Waals surface area (Å²) in [6, 6.07) is 17.1. The third-order valence-electron chi connectivity index (χ3n) is 3.68. The number of anilines is 1. The first kappa shape index (κ1) is 15.3. The Kier molecular flexibility index (Phi) is 4.41. The SMILES string of the molecule is O=c1[nH]c(-c2ccccc2)cc2ccc(NCC(O)CO)cc12.